The van der Waals surface area contributed by atoms with Crippen molar-refractivity contribution in [3.63, 3.8) is 0 Å². The van der Waals surface area contributed by atoms with Gasteiger partial charge in [-0.3, -0.25) is 4.79 Å². The summed E-state index contributed by atoms with van der Waals surface area (Å²) in [6.07, 6.45) is 3.14. The predicted molar refractivity (Wildman–Crippen MR) is 70.0 cm³/mol. The van der Waals surface area contributed by atoms with Crippen LogP contribution in [-0.4, -0.2) is 31.8 Å². The fraction of sp³-hybridized carbons (Fsp3) is 0.545. The Balaban J connectivity index is 2.21. The van der Waals surface area contributed by atoms with E-state index < -0.39 is 10.0 Å². The van der Waals surface area contributed by atoms with Crippen LogP contribution < -0.4 is 5.14 Å². The number of primary sulfonamides is 1. The van der Waals surface area contributed by atoms with Crippen LogP contribution in [0.15, 0.2) is 15.7 Å². The summed E-state index contributed by atoms with van der Waals surface area (Å²) in [6, 6.07) is 1.58. The number of nitrogens with two attached hydrogens (primary N) is 1. The molecule has 100 valence electrons. The average molecular weight is 288 g/mol. The lowest BCUT2D eigenvalue weighted by Crippen LogP contribution is -2.41. The number of likely N-dealkylation sites (tertiary alicyclic amines) is 1. The second-order valence-corrected chi connectivity index (χ2v) is 7.24. The topological polar surface area (TPSA) is 80.5 Å². The van der Waals surface area contributed by atoms with E-state index >= 15 is 0 Å². The maximum Gasteiger partial charge on any atom is 0.254 e. The molecule has 0 saturated carbocycles. The average Bonchev–Trinajstić information content (AvgIpc) is 2.77. The molecule has 2 N–H and O–H groups in total. The van der Waals surface area contributed by atoms with Crippen LogP contribution in [0.2, 0.25) is 0 Å². The Bertz CT molecular complexity index is 550. The van der Waals surface area contributed by atoms with Gasteiger partial charge in [0.2, 0.25) is 10.0 Å². The van der Waals surface area contributed by atoms with Crippen LogP contribution in [0.25, 0.3) is 0 Å². The lowest BCUT2D eigenvalue weighted by Gasteiger charge is -2.33. The minimum absolute atomic E-state index is 0.0375. The van der Waals surface area contributed by atoms with Crippen LogP contribution in [0, 0.1) is 0 Å². The first kappa shape index (κ1) is 13.5. The maximum atomic E-state index is 12.2. The molecule has 18 heavy (non-hydrogen) atoms. The van der Waals surface area contributed by atoms with Crippen molar-refractivity contribution in [1.29, 1.82) is 0 Å². The number of carbonyl (C=O) groups is 1. The summed E-state index contributed by atoms with van der Waals surface area (Å²) in [5.74, 6) is -0.103. The Hall–Kier alpha value is -0.920. The summed E-state index contributed by atoms with van der Waals surface area (Å²) in [6.45, 7) is 2.75. The number of hydrogen-bond donors (Lipinski definition) is 1. The number of piperidine rings is 1. The predicted octanol–water partition coefficient (Wildman–Crippen LogP) is 1.41. The molecule has 1 aliphatic heterocycles. The van der Waals surface area contributed by atoms with E-state index in [0.717, 1.165) is 37.1 Å². The number of amides is 1. The summed E-state index contributed by atoms with van der Waals surface area (Å²) >= 11 is 0.990. The number of sulfonamides is 1. The second kappa shape index (κ2) is 4.99. The lowest BCUT2D eigenvalue weighted by atomic mass is 10.0. The molecule has 1 saturated heterocycles. The summed E-state index contributed by atoms with van der Waals surface area (Å²) in [7, 11) is -3.71. The van der Waals surface area contributed by atoms with Crippen molar-refractivity contribution < 1.29 is 13.2 Å². The van der Waals surface area contributed by atoms with Crippen LogP contribution >= 0.6 is 11.3 Å². The highest BCUT2D eigenvalue weighted by Crippen LogP contribution is 2.23. The summed E-state index contributed by atoms with van der Waals surface area (Å²) in [4.78, 5) is 14.1. The molecule has 0 spiro atoms. The van der Waals surface area contributed by atoms with Crippen molar-refractivity contribution in [2.75, 3.05) is 6.54 Å². The van der Waals surface area contributed by atoms with Gasteiger partial charge < -0.3 is 4.90 Å². The van der Waals surface area contributed by atoms with Gasteiger partial charge in [0.15, 0.2) is 0 Å². The Labute approximate surface area is 111 Å². The molecule has 1 atom stereocenters. The zero-order valence-electron chi connectivity index (χ0n) is 10.1. The van der Waals surface area contributed by atoms with E-state index in [0.29, 0.717) is 5.56 Å². The molecule has 1 aromatic rings. The lowest BCUT2D eigenvalue weighted by molar-refractivity contribution is 0.0636. The van der Waals surface area contributed by atoms with Gasteiger partial charge >= 0.3 is 0 Å². The van der Waals surface area contributed by atoms with Crippen molar-refractivity contribution in [3.8, 4) is 0 Å². The molecule has 0 aromatic carbocycles. The Morgan fingerprint density at radius 1 is 1.50 bits per heavy atom. The Morgan fingerprint density at radius 3 is 2.78 bits per heavy atom. The number of thiophene rings is 1. The SMILES string of the molecule is CC1CCCCN1C(=O)c1csc(S(N)(=O)=O)c1. The molecule has 5 nitrogen and oxygen atoms in total. The third-order valence-electron chi connectivity index (χ3n) is 3.17. The third-order valence-corrected chi connectivity index (χ3v) is 5.55. The first-order chi connectivity index (χ1) is 8.39. The van der Waals surface area contributed by atoms with Gasteiger partial charge in [-0.25, -0.2) is 13.6 Å². The summed E-state index contributed by atoms with van der Waals surface area (Å²) < 4.78 is 22.4. The van der Waals surface area contributed by atoms with Crippen LogP contribution in [0.3, 0.4) is 0 Å². The Kier molecular flexibility index (Phi) is 3.74. The number of carbonyl (C=O) groups excluding carboxylic acids is 1. The van der Waals surface area contributed by atoms with Gasteiger partial charge in [0.05, 0.1) is 5.56 Å². The van der Waals surface area contributed by atoms with Gasteiger partial charge in [-0.2, -0.15) is 0 Å². The van der Waals surface area contributed by atoms with E-state index in [4.69, 9.17) is 5.14 Å². The van der Waals surface area contributed by atoms with E-state index in [1.807, 2.05) is 6.92 Å². The van der Waals surface area contributed by atoms with Crippen LogP contribution in [-0.2, 0) is 10.0 Å². The second-order valence-electron chi connectivity index (χ2n) is 4.54. The molecular weight excluding hydrogens is 272 g/mol. The molecule has 7 heteroatoms. The number of rotatable bonds is 2. The maximum absolute atomic E-state index is 12.2. The minimum Gasteiger partial charge on any atom is -0.336 e. The summed E-state index contributed by atoms with van der Waals surface area (Å²) in [5, 5.41) is 6.59. The molecule has 2 heterocycles. The van der Waals surface area contributed by atoms with E-state index in [2.05, 4.69) is 0 Å². The highest BCUT2D eigenvalue weighted by atomic mass is 32.2. The molecule has 1 amide bonds. The van der Waals surface area contributed by atoms with Crippen LogP contribution in [0.4, 0.5) is 0 Å². The molecule has 1 fully saturated rings. The molecule has 1 aromatic heterocycles. The first-order valence-corrected chi connectivity index (χ1v) is 8.24. The quantitative estimate of drug-likeness (QED) is 0.893. The molecular formula is C11H16N2O3S2. The highest BCUT2D eigenvalue weighted by molar-refractivity contribution is 7.91. The molecule has 0 aliphatic carbocycles. The molecule has 2 rings (SSSR count). The van der Waals surface area contributed by atoms with E-state index in [9.17, 15) is 13.2 Å². The first-order valence-electron chi connectivity index (χ1n) is 5.82. The highest BCUT2D eigenvalue weighted by Gasteiger charge is 2.25. The normalized spacial score (nSPS) is 21.0. The molecule has 1 aliphatic rings. The molecule has 0 radical (unpaired) electrons. The van der Waals surface area contributed by atoms with E-state index in [-0.39, 0.29) is 16.2 Å². The van der Waals surface area contributed by atoms with Gasteiger partial charge in [-0.05, 0) is 32.3 Å². The summed E-state index contributed by atoms with van der Waals surface area (Å²) in [5.41, 5.74) is 0.415. The van der Waals surface area contributed by atoms with Crippen molar-refractivity contribution in [2.45, 2.75) is 36.4 Å². The standard InChI is InChI=1S/C11H16N2O3S2/c1-8-4-2-3-5-13(8)11(14)9-6-10(17-7-9)18(12,15)16/h6-8H,2-5H2,1H3,(H2,12,15,16). The van der Waals surface area contributed by atoms with Gasteiger partial charge in [-0.15, -0.1) is 11.3 Å². The zero-order chi connectivity index (χ0) is 13.3. The monoisotopic (exact) mass is 288 g/mol. The van der Waals surface area contributed by atoms with Gasteiger partial charge in [-0.1, -0.05) is 0 Å². The number of nitrogens with zero attached hydrogens (tertiary/aromatic N) is 1. The minimum atomic E-state index is -3.71. The smallest absolute Gasteiger partial charge is 0.254 e. The van der Waals surface area contributed by atoms with Crippen molar-refractivity contribution >= 4 is 27.3 Å². The van der Waals surface area contributed by atoms with Crippen molar-refractivity contribution in [1.82, 2.24) is 4.90 Å². The van der Waals surface area contributed by atoms with Gasteiger partial charge in [0.1, 0.15) is 4.21 Å². The Morgan fingerprint density at radius 2 is 2.22 bits per heavy atom. The van der Waals surface area contributed by atoms with Crippen LogP contribution in [0.5, 0.6) is 0 Å². The van der Waals surface area contributed by atoms with Gasteiger partial charge in [0.25, 0.3) is 5.91 Å². The largest absolute Gasteiger partial charge is 0.336 e. The third kappa shape index (κ3) is 2.73. The van der Waals surface area contributed by atoms with Crippen LogP contribution in [0.1, 0.15) is 36.5 Å². The fourth-order valence-electron chi connectivity index (χ4n) is 2.14. The zero-order valence-corrected chi connectivity index (χ0v) is 11.8. The number of hydrogen-bond acceptors (Lipinski definition) is 4. The molecule has 1 unspecified atom stereocenters. The van der Waals surface area contributed by atoms with Crippen molar-refractivity contribution in [3.05, 3.63) is 17.0 Å². The van der Waals surface area contributed by atoms with Crippen molar-refractivity contribution in [2.24, 2.45) is 5.14 Å². The molecule has 0 bridgehead atoms. The van der Waals surface area contributed by atoms with E-state index in [1.54, 1.807) is 10.3 Å². The van der Waals surface area contributed by atoms with Gasteiger partial charge in [0, 0.05) is 18.0 Å². The fourth-order valence-corrected chi connectivity index (χ4v) is 3.72. The van der Waals surface area contributed by atoms with E-state index in [1.165, 1.54) is 6.07 Å².